The fraction of sp³-hybridized carbons (Fsp3) is 0.571. The molecule has 0 amide bonds. The van der Waals surface area contributed by atoms with E-state index >= 15 is 0 Å². The van der Waals surface area contributed by atoms with Crippen molar-refractivity contribution in [3.8, 4) is 0 Å². The summed E-state index contributed by atoms with van der Waals surface area (Å²) in [5.41, 5.74) is 2.40. The monoisotopic (exact) mass is 235 g/mol. The molecule has 0 heterocycles. The van der Waals surface area contributed by atoms with Gasteiger partial charge in [0.2, 0.25) is 0 Å². The van der Waals surface area contributed by atoms with Gasteiger partial charge in [0.05, 0.1) is 10.7 Å². The van der Waals surface area contributed by atoms with Gasteiger partial charge >= 0.3 is 0 Å². The zero-order valence-corrected chi connectivity index (χ0v) is 10.4. The first-order valence-corrected chi connectivity index (χ1v) is 6.63. The van der Waals surface area contributed by atoms with E-state index in [4.69, 9.17) is 11.6 Å². The van der Waals surface area contributed by atoms with Crippen LogP contribution in [0.15, 0.2) is 18.2 Å². The topological polar surface area (TPSA) is 12.0 Å². The maximum absolute atomic E-state index is 6.21. The highest BCUT2D eigenvalue weighted by molar-refractivity contribution is 6.33. The highest BCUT2D eigenvalue weighted by Crippen LogP contribution is 2.45. The minimum Gasteiger partial charge on any atom is -0.381 e. The Kier molecular flexibility index (Phi) is 2.59. The van der Waals surface area contributed by atoms with Gasteiger partial charge in [-0.15, -0.1) is 0 Å². The van der Waals surface area contributed by atoms with Crippen molar-refractivity contribution < 1.29 is 0 Å². The molecule has 3 unspecified atom stereocenters. The Labute approximate surface area is 102 Å². The summed E-state index contributed by atoms with van der Waals surface area (Å²) in [5, 5.41) is 4.50. The van der Waals surface area contributed by atoms with E-state index in [0.717, 1.165) is 22.5 Å². The van der Waals surface area contributed by atoms with Gasteiger partial charge in [0, 0.05) is 6.04 Å². The van der Waals surface area contributed by atoms with Crippen molar-refractivity contribution in [1.29, 1.82) is 0 Å². The van der Waals surface area contributed by atoms with E-state index in [0.29, 0.717) is 6.04 Å². The Morgan fingerprint density at radius 1 is 1.25 bits per heavy atom. The van der Waals surface area contributed by atoms with Crippen LogP contribution in [-0.4, -0.2) is 6.04 Å². The first-order valence-electron chi connectivity index (χ1n) is 6.25. The summed E-state index contributed by atoms with van der Waals surface area (Å²) >= 11 is 6.21. The summed E-state index contributed by atoms with van der Waals surface area (Å²) in [7, 11) is 0. The zero-order valence-electron chi connectivity index (χ0n) is 9.67. The van der Waals surface area contributed by atoms with Gasteiger partial charge in [0.25, 0.3) is 0 Å². The van der Waals surface area contributed by atoms with E-state index in [1.54, 1.807) is 0 Å². The fourth-order valence-corrected chi connectivity index (χ4v) is 3.54. The minimum absolute atomic E-state index is 0.665. The van der Waals surface area contributed by atoms with Crippen LogP contribution >= 0.6 is 11.6 Å². The molecule has 3 rings (SSSR count). The van der Waals surface area contributed by atoms with Crippen LogP contribution in [0.25, 0.3) is 0 Å². The molecule has 1 nitrogen and oxygen atoms in total. The Balaban J connectivity index is 1.76. The lowest BCUT2D eigenvalue weighted by Crippen LogP contribution is -2.25. The quantitative estimate of drug-likeness (QED) is 0.808. The largest absolute Gasteiger partial charge is 0.381 e. The summed E-state index contributed by atoms with van der Waals surface area (Å²) in [4.78, 5) is 0. The van der Waals surface area contributed by atoms with Gasteiger partial charge in [0.15, 0.2) is 0 Å². The van der Waals surface area contributed by atoms with Crippen molar-refractivity contribution >= 4 is 17.3 Å². The normalized spacial score (nSPS) is 32.0. The van der Waals surface area contributed by atoms with Crippen LogP contribution in [0.3, 0.4) is 0 Å². The summed E-state index contributed by atoms with van der Waals surface area (Å²) in [5.74, 6) is 1.87. The highest BCUT2D eigenvalue weighted by atomic mass is 35.5. The molecule has 2 bridgehead atoms. The van der Waals surface area contributed by atoms with E-state index in [9.17, 15) is 0 Å². The van der Waals surface area contributed by atoms with Crippen LogP contribution in [0, 0.1) is 18.8 Å². The molecule has 3 atom stereocenters. The molecule has 16 heavy (non-hydrogen) atoms. The Morgan fingerprint density at radius 3 is 2.81 bits per heavy atom. The van der Waals surface area contributed by atoms with Crippen LogP contribution < -0.4 is 5.32 Å². The number of halogens is 1. The molecule has 2 aliphatic carbocycles. The number of rotatable bonds is 2. The van der Waals surface area contributed by atoms with E-state index in [1.165, 1.54) is 31.2 Å². The molecule has 1 aromatic carbocycles. The van der Waals surface area contributed by atoms with Gasteiger partial charge in [-0.3, -0.25) is 0 Å². The third-order valence-electron chi connectivity index (χ3n) is 4.20. The molecule has 2 fully saturated rings. The fourth-order valence-electron chi connectivity index (χ4n) is 3.37. The smallest absolute Gasteiger partial charge is 0.0637 e. The second-order valence-corrected chi connectivity index (χ2v) is 5.82. The van der Waals surface area contributed by atoms with E-state index < -0.39 is 0 Å². The minimum atomic E-state index is 0.665. The average Bonchev–Trinajstić information content (AvgIpc) is 2.85. The van der Waals surface area contributed by atoms with Crippen LogP contribution in [0.4, 0.5) is 5.69 Å². The van der Waals surface area contributed by atoms with Crippen molar-refractivity contribution in [1.82, 2.24) is 0 Å². The summed E-state index contributed by atoms with van der Waals surface area (Å²) < 4.78 is 0. The molecule has 2 saturated carbocycles. The van der Waals surface area contributed by atoms with Gasteiger partial charge < -0.3 is 5.32 Å². The standard InChI is InChI=1S/C14H18ClN/c1-9-2-5-12(15)14(6-9)16-13-8-10-3-4-11(13)7-10/h2,5-6,10-11,13,16H,3-4,7-8H2,1H3. The summed E-state index contributed by atoms with van der Waals surface area (Å²) in [6, 6.07) is 6.88. The molecule has 1 aromatic rings. The van der Waals surface area contributed by atoms with Gasteiger partial charge in [-0.2, -0.15) is 0 Å². The van der Waals surface area contributed by atoms with Gasteiger partial charge in [-0.1, -0.05) is 24.1 Å². The van der Waals surface area contributed by atoms with Crippen LogP contribution in [0.1, 0.15) is 31.2 Å². The second kappa shape index (κ2) is 3.96. The van der Waals surface area contributed by atoms with Gasteiger partial charge in [0.1, 0.15) is 0 Å². The number of anilines is 1. The van der Waals surface area contributed by atoms with Crippen LogP contribution in [-0.2, 0) is 0 Å². The Morgan fingerprint density at radius 2 is 2.12 bits per heavy atom. The maximum Gasteiger partial charge on any atom is 0.0637 e. The molecular weight excluding hydrogens is 218 g/mol. The van der Waals surface area contributed by atoms with E-state index in [1.807, 2.05) is 6.07 Å². The predicted molar refractivity (Wildman–Crippen MR) is 69.0 cm³/mol. The lowest BCUT2D eigenvalue weighted by atomic mass is 9.95. The van der Waals surface area contributed by atoms with Crippen molar-refractivity contribution in [2.75, 3.05) is 5.32 Å². The Hall–Kier alpha value is -0.690. The number of hydrogen-bond donors (Lipinski definition) is 1. The van der Waals surface area contributed by atoms with Crippen molar-refractivity contribution in [3.05, 3.63) is 28.8 Å². The molecule has 0 spiro atoms. The molecule has 1 N–H and O–H groups in total. The van der Waals surface area contributed by atoms with Crippen molar-refractivity contribution in [3.63, 3.8) is 0 Å². The average molecular weight is 236 g/mol. The lowest BCUT2D eigenvalue weighted by molar-refractivity contribution is 0.440. The molecule has 86 valence electrons. The van der Waals surface area contributed by atoms with Crippen LogP contribution in [0.2, 0.25) is 5.02 Å². The second-order valence-electron chi connectivity index (χ2n) is 5.41. The summed E-state index contributed by atoms with van der Waals surface area (Å²) in [6.45, 7) is 2.11. The Bertz CT molecular complexity index is 402. The first-order chi connectivity index (χ1) is 7.72. The van der Waals surface area contributed by atoms with E-state index in [2.05, 4.69) is 24.4 Å². The SMILES string of the molecule is Cc1ccc(Cl)c(NC2CC3CCC2C3)c1. The number of fused-ring (bicyclic) bond motifs is 2. The van der Waals surface area contributed by atoms with Crippen molar-refractivity contribution in [2.24, 2.45) is 11.8 Å². The molecule has 2 aliphatic rings. The predicted octanol–water partition coefficient (Wildman–Crippen LogP) is 4.25. The van der Waals surface area contributed by atoms with E-state index in [-0.39, 0.29) is 0 Å². The maximum atomic E-state index is 6.21. The lowest BCUT2D eigenvalue weighted by Gasteiger charge is -2.24. The van der Waals surface area contributed by atoms with Gasteiger partial charge in [-0.25, -0.2) is 0 Å². The number of nitrogens with one attached hydrogen (secondary N) is 1. The molecule has 0 saturated heterocycles. The third kappa shape index (κ3) is 1.82. The van der Waals surface area contributed by atoms with Crippen molar-refractivity contribution in [2.45, 2.75) is 38.6 Å². The van der Waals surface area contributed by atoms with Gasteiger partial charge in [-0.05, 0) is 55.7 Å². The zero-order chi connectivity index (χ0) is 11.1. The third-order valence-corrected chi connectivity index (χ3v) is 4.53. The first kappa shape index (κ1) is 10.5. The molecule has 0 aromatic heterocycles. The molecular formula is C14H18ClN. The molecule has 2 heteroatoms. The number of benzene rings is 1. The number of aryl methyl sites for hydroxylation is 1. The molecule has 0 aliphatic heterocycles. The number of hydrogen-bond acceptors (Lipinski definition) is 1. The summed E-state index contributed by atoms with van der Waals surface area (Å²) in [6.07, 6.45) is 5.63. The highest BCUT2D eigenvalue weighted by Gasteiger charge is 2.39. The van der Waals surface area contributed by atoms with Crippen LogP contribution in [0.5, 0.6) is 0 Å². The molecule has 0 radical (unpaired) electrons.